The zero-order valence-corrected chi connectivity index (χ0v) is 11.1. The average Bonchev–Trinajstić information content (AvgIpc) is 2.88. The molecule has 7 nitrogen and oxygen atoms in total. The molecule has 0 aliphatic carbocycles. The third-order valence-corrected chi connectivity index (χ3v) is 2.08. The Kier molecular flexibility index (Phi) is 4.17. The van der Waals surface area contributed by atoms with E-state index in [0.717, 1.165) is 0 Å². The Morgan fingerprint density at radius 2 is 2.05 bits per heavy atom. The van der Waals surface area contributed by atoms with E-state index in [1.54, 1.807) is 19.4 Å². The summed E-state index contributed by atoms with van der Waals surface area (Å²) in [4.78, 5) is 12.2. The molecule has 0 aromatic carbocycles. The van der Waals surface area contributed by atoms with Crippen molar-refractivity contribution in [1.82, 2.24) is 15.0 Å². The van der Waals surface area contributed by atoms with Crippen molar-refractivity contribution in [2.75, 3.05) is 12.4 Å². The van der Waals surface area contributed by atoms with Gasteiger partial charge in [-0.2, -0.15) is 9.97 Å². The van der Waals surface area contributed by atoms with Crippen molar-refractivity contribution < 1.29 is 13.9 Å². The van der Waals surface area contributed by atoms with E-state index < -0.39 is 0 Å². The summed E-state index contributed by atoms with van der Waals surface area (Å²) in [6.07, 6.45) is 1.56. The quantitative estimate of drug-likeness (QED) is 0.852. The molecule has 19 heavy (non-hydrogen) atoms. The molecule has 0 amide bonds. The van der Waals surface area contributed by atoms with Crippen LogP contribution in [0.4, 0.5) is 5.95 Å². The van der Waals surface area contributed by atoms with E-state index >= 15 is 0 Å². The molecule has 102 valence electrons. The second-order valence-corrected chi connectivity index (χ2v) is 4.01. The van der Waals surface area contributed by atoms with Gasteiger partial charge in [-0.25, -0.2) is 0 Å². The molecule has 0 aliphatic heterocycles. The molecular formula is C12H16N4O3. The third-order valence-electron chi connectivity index (χ3n) is 2.08. The average molecular weight is 264 g/mol. The summed E-state index contributed by atoms with van der Waals surface area (Å²) >= 11 is 0. The van der Waals surface area contributed by atoms with Crippen LogP contribution in [0.2, 0.25) is 0 Å². The van der Waals surface area contributed by atoms with E-state index in [4.69, 9.17) is 13.9 Å². The maximum absolute atomic E-state index is 5.44. The van der Waals surface area contributed by atoms with Gasteiger partial charge in [0.2, 0.25) is 5.95 Å². The molecule has 2 rings (SSSR count). The Morgan fingerprint density at radius 1 is 1.26 bits per heavy atom. The predicted octanol–water partition coefficient (Wildman–Crippen LogP) is 1.87. The molecule has 7 heteroatoms. The first-order valence-corrected chi connectivity index (χ1v) is 5.93. The number of nitrogens with one attached hydrogen (secondary N) is 1. The summed E-state index contributed by atoms with van der Waals surface area (Å²) in [5, 5.41) is 2.83. The SMILES string of the molecule is CNc1nc(OCc2ccco2)nc(OC(C)C)n1. The van der Waals surface area contributed by atoms with Crippen molar-refractivity contribution in [2.45, 2.75) is 26.6 Å². The zero-order chi connectivity index (χ0) is 13.7. The topological polar surface area (TPSA) is 82.3 Å². The lowest BCUT2D eigenvalue weighted by Gasteiger charge is -2.10. The number of hydrogen-bond acceptors (Lipinski definition) is 7. The van der Waals surface area contributed by atoms with Crippen molar-refractivity contribution in [3.05, 3.63) is 24.2 Å². The molecule has 2 aromatic rings. The van der Waals surface area contributed by atoms with Gasteiger partial charge in [0.1, 0.15) is 12.4 Å². The molecule has 0 fully saturated rings. The smallest absolute Gasteiger partial charge is 0.324 e. The van der Waals surface area contributed by atoms with Crippen LogP contribution in [0, 0.1) is 0 Å². The molecule has 0 spiro atoms. The van der Waals surface area contributed by atoms with E-state index in [2.05, 4.69) is 20.3 Å². The number of rotatable bonds is 6. The number of nitrogens with zero attached hydrogens (tertiary/aromatic N) is 3. The summed E-state index contributed by atoms with van der Waals surface area (Å²) in [5.74, 6) is 1.08. The van der Waals surface area contributed by atoms with Crippen LogP contribution < -0.4 is 14.8 Å². The third kappa shape index (κ3) is 3.84. The normalized spacial score (nSPS) is 10.5. The maximum Gasteiger partial charge on any atom is 0.324 e. The van der Waals surface area contributed by atoms with Crippen molar-refractivity contribution >= 4 is 5.95 Å². The zero-order valence-electron chi connectivity index (χ0n) is 11.1. The van der Waals surface area contributed by atoms with Gasteiger partial charge >= 0.3 is 12.0 Å². The molecule has 1 N–H and O–H groups in total. The highest BCUT2D eigenvalue weighted by Gasteiger charge is 2.09. The fraction of sp³-hybridized carbons (Fsp3) is 0.417. The number of ether oxygens (including phenoxy) is 2. The summed E-state index contributed by atoms with van der Waals surface area (Å²) < 4.78 is 16.0. The fourth-order valence-corrected chi connectivity index (χ4v) is 1.31. The molecule has 0 saturated carbocycles. The first kappa shape index (κ1) is 13.1. The minimum atomic E-state index is -0.0231. The Balaban J connectivity index is 2.09. The lowest BCUT2D eigenvalue weighted by atomic mass is 10.5. The van der Waals surface area contributed by atoms with E-state index in [-0.39, 0.29) is 24.7 Å². The Hall–Kier alpha value is -2.31. The van der Waals surface area contributed by atoms with Crippen molar-refractivity contribution in [3.8, 4) is 12.0 Å². The monoisotopic (exact) mass is 264 g/mol. The van der Waals surface area contributed by atoms with Gasteiger partial charge < -0.3 is 19.2 Å². The molecule has 2 heterocycles. The van der Waals surface area contributed by atoms with Crippen LogP contribution >= 0.6 is 0 Å². The molecule has 2 aromatic heterocycles. The van der Waals surface area contributed by atoms with Gasteiger partial charge in [-0.3, -0.25) is 0 Å². The summed E-state index contributed by atoms with van der Waals surface area (Å²) in [7, 11) is 1.71. The number of furan rings is 1. The van der Waals surface area contributed by atoms with Crippen LogP contribution in [0.15, 0.2) is 22.8 Å². The van der Waals surface area contributed by atoms with E-state index in [0.29, 0.717) is 11.7 Å². The standard InChI is InChI=1S/C12H16N4O3/c1-8(2)19-12-15-10(13-3)14-11(16-12)18-7-9-5-4-6-17-9/h4-6,8H,7H2,1-3H3,(H,13,14,15,16). The van der Waals surface area contributed by atoms with E-state index in [9.17, 15) is 0 Å². The second kappa shape index (κ2) is 6.03. The molecule has 0 atom stereocenters. The largest absolute Gasteiger partial charge is 0.466 e. The van der Waals surface area contributed by atoms with Crippen LogP contribution in [0.5, 0.6) is 12.0 Å². The number of aromatic nitrogens is 3. The lowest BCUT2D eigenvalue weighted by Crippen LogP contribution is -2.11. The highest BCUT2D eigenvalue weighted by atomic mass is 16.5. The first-order valence-electron chi connectivity index (χ1n) is 5.93. The van der Waals surface area contributed by atoms with Crippen molar-refractivity contribution in [3.63, 3.8) is 0 Å². The Labute approximate surface area is 111 Å². The van der Waals surface area contributed by atoms with Gasteiger partial charge in [0, 0.05) is 7.05 Å². The van der Waals surface area contributed by atoms with Crippen LogP contribution in [0.25, 0.3) is 0 Å². The van der Waals surface area contributed by atoms with Gasteiger partial charge in [0.05, 0.1) is 12.4 Å². The lowest BCUT2D eigenvalue weighted by molar-refractivity contribution is 0.207. The van der Waals surface area contributed by atoms with Gasteiger partial charge in [-0.15, -0.1) is 4.98 Å². The van der Waals surface area contributed by atoms with Crippen LogP contribution in [0.1, 0.15) is 19.6 Å². The van der Waals surface area contributed by atoms with Gasteiger partial charge in [-0.05, 0) is 26.0 Å². The maximum atomic E-state index is 5.44. The van der Waals surface area contributed by atoms with Gasteiger partial charge in [0.15, 0.2) is 0 Å². The van der Waals surface area contributed by atoms with Crippen LogP contribution in [0.3, 0.4) is 0 Å². The molecule has 0 aliphatic rings. The summed E-state index contributed by atoms with van der Waals surface area (Å²) in [6, 6.07) is 4.01. The number of hydrogen-bond donors (Lipinski definition) is 1. The summed E-state index contributed by atoms with van der Waals surface area (Å²) in [6.45, 7) is 4.04. The highest BCUT2D eigenvalue weighted by Crippen LogP contribution is 2.15. The molecule has 0 radical (unpaired) electrons. The van der Waals surface area contributed by atoms with E-state index in [1.165, 1.54) is 0 Å². The van der Waals surface area contributed by atoms with Crippen LogP contribution in [-0.2, 0) is 6.61 Å². The Morgan fingerprint density at radius 3 is 2.68 bits per heavy atom. The van der Waals surface area contributed by atoms with E-state index in [1.807, 2.05) is 19.9 Å². The fourth-order valence-electron chi connectivity index (χ4n) is 1.31. The number of anilines is 1. The molecular weight excluding hydrogens is 248 g/mol. The Bertz CT molecular complexity index is 514. The van der Waals surface area contributed by atoms with Crippen molar-refractivity contribution in [1.29, 1.82) is 0 Å². The van der Waals surface area contributed by atoms with Gasteiger partial charge in [0.25, 0.3) is 0 Å². The minimum Gasteiger partial charge on any atom is -0.466 e. The van der Waals surface area contributed by atoms with Gasteiger partial charge in [-0.1, -0.05) is 0 Å². The second-order valence-electron chi connectivity index (χ2n) is 4.01. The molecule has 0 bridgehead atoms. The predicted molar refractivity (Wildman–Crippen MR) is 68.2 cm³/mol. The summed E-state index contributed by atoms with van der Waals surface area (Å²) in [5.41, 5.74) is 0. The minimum absolute atomic E-state index is 0.0231. The highest BCUT2D eigenvalue weighted by molar-refractivity contribution is 5.26. The first-order chi connectivity index (χ1) is 9.17. The van der Waals surface area contributed by atoms with Crippen LogP contribution in [-0.4, -0.2) is 28.1 Å². The van der Waals surface area contributed by atoms with Crippen molar-refractivity contribution in [2.24, 2.45) is 0 Å². The molecule has 0 unspecified atom stereocenters. The molecule has 0 saturated heterocycles.